The van der Waals surface area contributed by atoms with Crippen molar-refractivity contribution < 1.29 is 5.11 Å². The fourth-order valence-corrected chi connectivity index (χ4v) is 4.81. The number of phenols is 1. The zero-order valence-corrected chi connectivity index (χ0v) is 14.3. The molecular formula is C22H27NO. The van der Waals surface area contributed by atoms with Crippen LogP contribution in [0.1, 0.15) is 42.7 Å². The van der Waals surface area contributed by atoms with Crippen LogP contribution in [0.15, 0.2) is 54.6 Å². The SMILES string of the molecule is Oc1cccc(C2CCC3CC2CCN3CCc2ccccc2)c1. The minimum absolute atomic E-state index is 0.412. The molecule has 3 unspecified atom stereocenters. The Morgan fingerprint density at radius 3 is 2.67 bits per heavy atom. The normalized spacial score (nSPS) is 27.1. The Balaban J connectivity index is 1.37. The van der Waals surface area contributed by atoms with Gasteiger partial charge in [0.15, 0.2) is 0 Å². The summed E-state index contributed by atoms with van der Waals surface area (Å²) >= 11 is 0. The van der Waals surface area contributed by atoms with E-state index in [4.69, 9.17) is 0 Å². The third kappa shape index (κ3) is 3.34. The number of hydrogen-bond donors (Lipinski definition) is 1. The number of benzene rings is 2. The first-order chi connectivity index (χ1) is 11.8. The van der Waals surface area contributed by atoms with Gasteiger partial charge in [-0.3, -0.25) is 0 Å². The molecule has 1 N–H and O–H groups in total. The van der Waals surface area contributed by atoms with Gasteiger partial charge in [-0.15, -0.1) is 0 Å². The molecule has 4 rings (SSSR count). The first-order valence-corrected chi connectivity index (χ1v) is 9.36. The van der Waals surface area contributed by atoms with Crippen LogP contribution in [-0.4, -0.2) is 29.1 Å². The predicted molar refractivity (Wildman–Crippen MR) is 98.3 cm³/mol. The number of rotatable bonds is 4. The van der Waals surface area contributed by atoms with Gasteiger partial charge in [-0.25, -0.2) is 0 Å². The largest absolute Gasteiger partial charge is 0.508 e. The quantitative estimate of drug-likeness (QED) is 0.890. The molecule has 2 fully saturated rings. The number of hydrogen-bond acceptors (Lipinski definition) is 2. The van der Waals surface area contributed by atoms with Gasteiger partial charge in [0.05, 0.1) is 0 Å². The zero-order valence-electron chi connectivity index (χ0n) is 14.3. The molecule has 2 aromatic carbocycles. The molecule has 2 aliphatic rings. The second kappa shape index (κ2) is 6.98. The van der Waals surface area contributed by atoms with Crippen LogP contribution in [0.4, 0.5) is 0 Å². The van der Waals surface area contributed by atoms with Gasteiger partial charge < -0.3 is 10.0 Å². The summed E-state index contributed by atoms with van der Waals surface area (Å²) in [6.45, 7) is 2.43. The summed E-state index contributed by atoms with van der Waals surface area (Å²) in [6, 6.07) is 19.6. The highest BCUT2D eigenvalue weighted by atomic mass is 16.3. The van der Waals surface area contributed by atoms with Gasteiger partial charge in [-0.2, -0.15) is 0 Å². The van der Waals surface area contributed by atoms with Gasteiger partial charge in [0, 0.05) is 12.6 Å². The molecule has 1 aliphatic heterocycles. The predicted octanol–water partition coefficient (Wildman–Crippen LogP) is 4.59. The summed E-state index contributed by atoms with van der Waals surface area (Å²) in [5, 5.41) is 9.78. The van der Waals surface area contributed by atoms with Crippen molar-refractivity contribution >= 4 is 0 Å². The lowest BCUT2D eigenvalue weighted by Gasteiger charge is -2.47. The summed E-state index contributed by atoms with van der Waals surface area (Å²) in [5.74, 6) is 1.85. The Morgan fingerprint density at radius 1 is 0.958 bits per heavy atom. The highest BCUT2D eigenvalue weighted by molar-refractivity contribution is 5.30. The molecule has 126 valence electrons. The summed E-state index contributed by atoms with van der Waals surface area (Å²) in [7, 11) is 0. The Kier molecular flexibility index (Phi) is 4.57. The Morgan fingerprint density at radius 2 is 1.83 bits per heavy atom. The van der Waals surface area contributed by atoms with E-state index >= 15 is 0 Å². The van der Waals surface area contributed by atoms with Crippen molar-refractivity contribution in [3.8, 4) is 5.75 Å². The van der Waals surface area contributed by atoms with Gasteiger partial charge in [-0.05, 0) is 73.7 Å². The smallest absolute Gasteiger partial charge is 0.115 e. The van der Waals surface area contributed by atoms with Gasteiger partial charge in [-0.1, -0.05) is 42.5 Å². The molecule has 2 aromatic rings. The van der Waals surface area contributed by atoms with Crippen LogP contribution in [0.25, 0.3) is 0 Å². The van der Waals surface area contributed by atoms with Crippen molar-refractivity contribution in [2.24, 2.45) is 5.92 Å². The minimum Gasteiger partial charge on any atom is -0.508 e. The van der Waals surface area contributed by atoms with Crippen molar-refractivity contribution in [1.82, 2.24) is 4.90 Å². The first kappa shape index (κ1) is 15.7. The average Bonchev–Trinajstić information content (AvgIpc) is 2.62. The maximum absolute atomic E-state index is 9.78. The van der Waals surface area contributed by atoms with Crippen LogP contribution in [0.2, 0.25) is 0 Å². The van der Waals surface area contributed by atoms with Crippen molar-refractivity contribution in [3.63, 3.8) is 0 Å². The maximum Gasteiger partial charge on any atom is 0.115 e. The van der Waals surface area contributed by atoms with Crippen molar-refractivity contribution in [2.75, 3.05) is 13.1 Å². The van der Waals surface area contributed by atoms with Crippen LogP contribution in [-0.2, 0) is 6.42 Å². The Hall–Kier alpha value is -1.80. The first-order valence-electron chi connectivity index (χ1n) is 9.36. The number of phenolic OH excluding ortho intramolecular Hbond substituents is 1. The van der Waals surface area contributed by atoms with E-state index in [1.54, 1.807) is 6.07 Å². The molecule has 24 heavy (non-hydrogen) atoms. The van der Waals surface area contributed by atoms with Crippen molar-refractivity contribution in [3.05, 3.63) is 65.7 Å². The van der Waals surface area contributed by atoms with Crippen molar-refractivity contribution in [1.29, 1.82) is 0 Å². The molecule has 1 aliphatic carbocycles. The standard InChI is InChI=1S/C22H27NO/c24-21-8-4-7-18(16-21)22-10-9-20-15-19(22)12-14-23(20)13-11-17-5-2-1-3-6-17/h1-8,16,19-20,22,24H,9-15H2. The van der Waals surface area contributed by atoms with E-state index in [1.807, 2.05) is 12.1 Å². The molecule has 0 amide bonds. The third-order valence-corrected chi connectivity index (χ3v) is 6.09. The Labute approximate surface area is 145 Å². The van der Waals surface area contributed by atoms with Gasteiger partial charge >= 0.3 is 0 Å². The number of nitrogens with zero attached hydrogens (tertiary/aromatic N) is 1. The van der Waals surface area contributed by atoms with Gasteiger partial charge in [0.25, 0.3) is 0 Å². The Bertz CT molecular complexity index is 669. The monoisotopic (exact) mass is 321 g/mol. The number of piperidine rings is 1. The van der Waals surface area contributed by atoms with Crippen LogP contribution >= 0.6 is 0 Å². The molecule has 2 nitrogen and oxygen atoms in total. The summed E-state index contributed by atoms with van der Waals surface area (Å²) in [4.78, 5) is 2.72. The second-order valence-corrected chi connectivity index (χ2v) is 7.49. The molecule has 1 heterocycles. The van der Waals surface area contributed by atoms with Crippen LogP contribution in [0.5, 0.6) is 5.75 Å². The van der Waals surface area contributed by atoms with E-state index in [1.165, 1.54) is 49.9 Å². The van der Waals surface area contributed by atoms with E-state index in [9.17, 15) is 5.11 Å². The lowest BCUT2D eigenvalue weighted by molar-refractivity contribution is 0.0615. The summed E-state index contributed by atoms with van der Waals surface area (Å²) < 4.78 is 0. The third-order valence-electron chi connectivity index (χ3n) is 6.09. The zero-order chi connectivity index (χ0) is 16.4. The lowest BCUT2D eigenvalue weighted by Crippen LogP contribution is -2.47. The molecule has 0 aromatic heterocycles. The topological polar surface area (TPSA) is 23.5 Å². The summed E-state index contributed by atoms with van der Waals surface area (Å²) in [5.41, 5.74) is 2.80. The maximum atomic E-state index is 9.78. The van der Waals surface area contributed by atoms with Crippen LogP contribution in [0.3, 0.4) is 0 Å². The number of likely N-dealkylation sites (tertiary alicyclic amines) is 1. The molecule has 1 saturated carbocycles. The highest BCUT2D eigenvalue weighted by Gasteiger charge is 2.37. The molecule has 0 spiro atoms. The van der Waals surface area contributed by atoms with E-state index in [0.717, 1.165) is 18.4 Å². The van der Waals surface area contributed by atoms with Crippen LogP contribution < -0.4 is 0 Å². The van der Waals surface area contributed by atoms with E-state index in [-0.39, 0.29) is 0 Å². The van der Waals surface area contributed by atoms with E-state index < -0.39 is 0 Å². The van der Waals surface area contributed by atoms with Crippen LogP contribution in [0, 0.1) is 5.92 Å². The second-order valence-electron chi connectivity index (χ2n) is 7.49. The van der Waals surface area contributed by atoms with Gasteiger partial charge in [0.2, 0.25) is 0 Å². The summed E-state index contributed by atoms with van der Waals surface area (Å²) in [6.07, 6.45) is 6.35. The van der Waals surface area contributed by atoms with E-state index in [0.29, 0.717) is 11.7 Å². The van der Waals surface area contributed by atoms with Crippen molar-refractivity contribution in [2.45, 2.75) is 44.1 Å². The number of fused-ring (bicyclic) bond motifs is 2. The molecule has 0 radical (unpaired) electrons. The molecule has 3 atom stereocenters. The van der Waals surface area contributed by atoms with E-state index in [2.05, 4.69) is 41.3 Å². The molecular weight excluding hydrogens is 294 g/mol. The number of aromatic hydroxyl groups is 1. The highest BCUT2D eigenvalue weighted by Crippen LogP contribution is 2.44. The fraction of sp³-hybridized carbons (Fsp3) is 0.455. The minimum atomic E-state index is 0.412. The van der Waals surface area contributed by atoms with Gasteiger partial charge in [0.1, 0.15) is 5.75 Å². The fourth-order valence-electron chi connectivity index (χ4n) is 4.81. The molecule has 2 bridgehead atoms. The molecule has 1 saturated heterocycles. The average molecular weight is 321 g/mol. The molecule has 2 heteroatoms. The lowest BCUT2D eigenvalue weighted by atomic mass is 9.69.